The van der Waals surface area contributed by atoms with Gasteiger partial charge in [0.2, 0.25) is 0 Å². The molecule has 0 aliphatic heterocycles. The molecule has 0 nitrogen and oxygen atoms in total. The zero-order chi connectivity index (χ0) is 7.56. The van der Waals surface area contributed by atoms with E-state index in [1.165, 1.54) is 0 Å². The van der Waals surface area contributed by atoms with Gasteiger partial charge in [-0.05, 0) is 25.0 Å². The minimum atomic E-state index is -0.186. The summed E-state index contributed by atoms with van der Waals surface area (Å²) in [6.07, 6.45) is 0. The molecular formula is C9H9Cl. The number of halogens is 1. The van der Waals surface area contributed by atoms with Crippen LogP contribution in [-0.2, 0) is 0 Å². The minimum Gasteiger partial charge on any atom is -0.118 e. The molecule has 0 bridgehead atoms. The van der Waals surface area contributed by atoms with Crippen molar-refractivity contribution in [2.45, 2.75) is 5.38 Å². The normalized spacial score (nSPS) is 13.1. The molecule has 0 saturated carbocycles. The maximum Gasteiger partial charge on any atom is 0.0588 e. The molecular weight excluding hydrogens is 144 g/mol. The van der Waals surface area contributed by atoms with E-state index in [0.717, 1.165) is 11.1 Å². The van der Waals surface area contributed by atoms with Crippen molar-refractivity contribution in [3.8, 4) is 0 Å². The van der Waals surface area contributed by atoms with Crippen LogP contribution in [0.2, 0.25) is 0 Å². The molecule has 1 heteroatoms. The first-order chi connectivity index (χ1) is 4.72. The van der Waals surface area contributed by atoms with E-state index in [4.69, 9.17) is 11.6 Å². The van der Waals surface area contributed by atoms with Crippen LogP contribution in [0.15, 0.2) is 24.3 Å². The monoisotopic (exact) mass is 152 g/mol. The molecule has 0 saturated heterocycles. The van der Waals surface area contributed by atoms with Gasteiger partial charge in [0.15, 0.2) is 0 Å². The highest BCUT2D eigenvalue weighted by Crippen LogP contribution is 2.21. The molecule has 2 radical (unpaired) electrons. The Morgan fingerprint density at radius 3 is 2.30 bits per heavy atom. The van der Waals surface area contributed by atoms with Gasteiger partial charge in [-0.2, -0.15) is 0 Å². The number of hydrogen-bond acceptors (Lipinski definition) is 0. The molecule has 1 aromatic carbocycles. The van der Waals surface area contributed by atoms with Crippen LogP contribution in [0.3, 0.4) is 0 Å². The minimum absolute atomic E-state index is 0.186. The van der Waals surface area contributed by atoms with Gasteiger partial charge < -0.3 is 0 Å². The molecule has 0 spiro atoms. The lowest BCUT2D eigenvalue weighted by Crippen LogP contribution is -1.87. The Morgan fingerprint density at radius 1 is 1.30 bits per heavy atom. The average molecular weight is 153 g/mol. The number of benzene rings is 1. The van der Waals surface area contributed by atoms with E-state index in [1.54, 1.807) is 0 Å². The maximum absolute atomic E-state index is 5.76. The third kappa shape index (κ3) is 1.51. The van der Waals surface area contributed by atoms with Crippen LogP contribution in [0.1, 0.15) is 16.5 Å². The van der Waals surface area contributed by atoms with E-state index >= 15 is 0 Å². The summed E-state index contributed by atoms with van der Waals surface area (Å²) in [7, 11) is 0. The first-order valence-corrected chi connectivity index (χ1v) is 3.53. The van der Waals surface area contributed by atoms with Crippen LogP contribution in [-0.4, -0.2) is 0 Å². The third-order valence-corrected chi connectivity index (χ3v) is 1.63. The Balaban J connectivity index is 3.03. The first kappa shape index (κ1) is 7.62. The summed E-state index contributed by atoms with van der Waals surface area (Å²) in [5, 5.41) is -0.186. The predicted molar refractivity (Wildman–Crippen MR) is 44.9 cm³/mol. The second-order valence-electron chi connectivity index (χ2n) is 2.17. The van der Waals surface area contributed by atoms with E-state index in [2.05, 4.69) is 13.8 Å². The number of alkyl halides is 1. The quantitative estimate of drug-likeness (QED) is 0.543. The van der Waals surface area contributed by atoms with Crippen LogP contribution in [0.5, 0.6) is 0 Å². The summed E-state index contributed by atoms with van der Waals surface area (Å²) < 4.78 is 0. The average Bonchev–Trinajstić information content (AvgIpc) is 1.88. The highest BCUT2D eigenvalue weighted by atomic mass is 35.5. The summed E-state index contributed by atoms with van der Waals surface area (Å²) in [5.41, 5.74) is 1.96. The van der Waals surface area contributed by atoms with Crippen molar-refractivity contribution in [2.24, 2.45) is 0 Å². The Bertz CT molecular complexity index is 216. The summed E-state index contributed by atoms with van der Waals surface area (Å²) in [6.45, 7) is 7.51. The molecule has 52 valence electrons. The molecule has 0 aromatic heterocycles. The summed E-state index contributed by atoms with van der Waals surface area (Å²) >= 11 is 5.76. The summed E-state index contributed by atoms with van der Waals surface area (Å²) in [5.74, 6) is 0. The van der Waals surface area contributed by atoms with Crippen molar-refractivity contribution in [3.63, 3.8) is 0 Å². The smallest absolute Gasteiger partial charge is 0.0588 e. The second kappa shape index (κ2) is 3.07. The molecule has 0 fully saturated rings. The van der Waals surface area contributed by atoms with Crippen molar-refractivity contribution in [1.29, 1.82) is 0 Å². The van der Waals surface area contributed by atoms with Gasteiger partial charge in [0.1, 0.15) is 0 Å². The van der Waals surface area contributed by atoms with Crippen molar-refractivity contribution in [2.75, 3.05) is 0 Å². The van der Waals surface area contributed by atoms with Gasteiger partial charge in [0, 0.05) is 0 Å². The molecule has 1 atom stereocenters. The van der Waals surface area contributed by atoms with Crippen LogP contribution < -0.4 is 0 Å². The van der Waals surface area contributed by atoms with Crippen LogP contribution in [0, 0.1) is 13.8 Å². The summed E-state index contributed by atoms with van der Waals surface area (Å²) in [6, 6.07) is 7.73. The van der Waals surface area contributed by atoms with Gasteiger partial charge >= 0.3 is 0 Å². The van der Waals surface area contributed by atoms with Gasteiger partial charge in [-0.15, -0.1) is 11.6 Å². The Labute approximate surface area is 66.8 Å². The summed E-state index contributed by atoms with van der Waals surface area (Å²) in [4.78, 5) is 0. The molecule has 0 N–H and O–H groups in total. The lowest BCUT2D eigenvalue weighted by atomic mass is 10.1. The fourth-order valence-corrected chi connectivity index (χ4v) is 1.05. The Morgan fingerprint density at radius 2 is 1.90 bits per heavy atom. The highest BCUT2D eigenvalue weighted by Gasteiger charge is 2.01. The molecule has 10 heavy (non-hydrogen) atoms. The SMILES string of the molecule is [CH2]c1ccccc1C([CH2])Cl. The Hall–Kier alpha value is -0.490. The highest BCUT2D eigenvalue weighted by molar-refractivity contribution is 6.21. The molecule has 0 aliphatic carbocycles. The zero-order valence-corrected chi connectivity index (χ0v) is 6.43. The molecule has 0 amide bonds. The maximum atomic E-state index is 5.76. The molecule has 1 rings (SSSR count). The topological polar surface area (TPSA) is 0 Å². The molecule has 1 aromatic rings. The van der Waals surface area contributed by atoms with Gasteiger partial charge in [-0.1, -0.05) is 24.3 Å². The molecule has 0 heterocycles. The lowest BCUT2D eigenvalue weighted by Gasteiger charge is -2.05. The van der Waals surface area contributed by atoms with E-state index < -0.39 is 0 Å². The van der Waals surface area contributed by atoms with Crippen molar-refractivity contribution in [3.05, 3.63) is 49.2 Å². The van der Waals surface area contributed by atoms with Crippen molar-refractivity contribution >= 4 is 11.6 Å². The van der Waals surface area contributed by atoms with Crippen LogP contribution in [0.25, 0.3) is 0 Å². The first-order valence-electron chi connectivity index (χ1n) is 3.10. The second-order valence-corrected chi connectivity index (χ2v) is 2.69. The number of rotatable bonds is 1. The lowest BCUT2D eigenvalue weighted by molar-refractivity contribution is 1.19. The molecule has 0 aliphatic rings. The van der Waals surface area contributed by atoms with Crippen LogP contribution in [0.4, 0.5) is 0 Å². The third-order valence-electron chi connectivity index (χ3n) is 1.39. The van der Waals surface area contributed by atoms with Crippen molar-refractivity contribution < 1.29 is 0 Å². The van der Waals surface area contributed by atoms with Crippen LogP contribution >= 0.6 is 11.6 Å². The standard InChI is InChI=1S/C9H9Cl/c1-7-5-3-4-6-9(7)8(2)10/h3-6,8H,1-2H2. The van der Waals surface area contributed by atoms with Gasteiger partial charge in [0.05, 0.1) is 5.38 Å². The predicted octanol–water partition coefficient (Wildman–Crippen LogP) is 2.98. The largest absolute Gasteiger partial charge is 0.118 e. The fraction of sp³-hybridized carbons (Fsp3) is 0.111. The number of hydrogen-bond donors (Lipinski definition) is 0. The Kier molecular flexibility index (Phi) is 2.34. The van der Waals surface area contributed by atoms with E-state index in [1.807, 2.05) is 24.3 Å². The van der Waals surface area contributed by atoms with E-state index in [9.17, 15) is 0 Å². The van der Waals surface area contributed by atoms with E-state index in [-0.39, 0.29) is 5.38 Å². The molecule has 1 unspecified atom stereocenters. The van der Waals surface area contributed by atoms with Gasteiger partial charge in [-0.3, -0.25) is 0 Å². The van der Waals surface area contributed by atoms with Gasteiger partial charge in [0.25, 0.3) is 0 Å². The van der Waals surface area contributed by atoms with E-state index in [0.29, 0.717) is 0 Å². The van der Waals surface area contributed by atoms with Gasteiger partial charge in [-0.25, -0.2) is 0 Å². The zero-order valence-electron chi connectivity index (χ0n) is 5.68. The van der Waals surface area contributed by atoms with Crippen molar-refractivity contribution in [1.82, 2.24) is 0 Å². The fourth-order valence-electron chi connectivity index (χ4n) is 0.840.